The van der Waals surface area contributed by atoms with E-state index in [1.807, 2.05) is 0 Å². The Kier molecular flexibility index (Phi) is 6.59. The average Bonchev–Trinajstić information content (AvgIpc) is 2.88. The fourth-order valence-corrected chi connectivity index (χ4v) is 4.07. The molecule has 2 N–H and O–H groups in total. The van der Waals surface area contributed by atoms with Crippen molar-refractivity contribution in [3.8, 4) is 0 Å². The van der Waals surface area contributed by atoms with Gasteiger partial charge in [0.25, 0.3) is 0 Å². The summed E-state index contributed by atoms with van der Waals surface area (Å²) in [5.41, 5.74) is 0. The molecule has 27 heavy (non-hydrogen) atoms. The molecular formula is C18H29F3N6. The minimum absolute atomic E-state index is 0.0216. The molecule has 9 heteroatoms. The first-order valence-electron chi connectivity index (χ1n) is 9.89. The predicted molar refractivity (Wildman–Crippen MR) is 97.3 cm³/mol. The fraction of sp³-hybridized carbons (Fsp3) is 0.833. The van der Waals surface area contributed by atoms with E-state index in [-0.39, 0.29) is 18.8 Å². The van der Waals surface area contributed by atoms with Gasteiger partial charge >= 0.3 is 6.18 Å². The average molecular weight is 386 g/mol. The zero-order valence-electron chi connectivity index (χ0n) is 15.9. The molecule has 1 saturated carbocycles. The SMILES string of the molecule is CN=C(NCc1nnc2n1CCCCC2)NCC1CCCC(C(F)(F)F)C1. The van der Waals surface area contributed by atoms with Crippen LogP contribution in [0.1, 0.15) is 56.6 Å². The maximum Gasteiger partial charge on any atom is 0.391 e. The molecule has 0 bridgehead atoms. The Hall–Kier alpha value is -1.80. The Morgan fingerprint density at radius 3 is 2.78 bits per heavy atom. The minimum atomic E-state index is -4.08. The quantitative estimate of drug-likeness (QED) is 0.617. The van der Waals surface area contributed by atoms with Crippen LogP contribution < -0.4 is 10.6 Å². The molecule has 0 spiro atoms. The molecule has 1 aliphatic carbocycles. The molecule has 1 aromatic rings. The van der Waals surface area contributed by atoms with Crippen LogP contribution >= 0.6 is 0 Å². The molecule has 152 valence electrons. The van der Waals surface area contributed by atoms with Crippen molar-refractivity contribution in [1.82, 2.24) is 25.4 Å². The third kappa shape index (κ3) is 5.35. The molecule has 6 nitrogen and oxygen atoms in total. The first-order valence-corrected chi connectivity index (χ1v) is 9.89. The van der Waals surface area contributed by atoms with Crippen molar-refractivity contribution in [2.75, 3.05) is 13.6 Å². The second kappa shape index (κ2) is 8.93. The summed E-state index contributed by atoms with van der Waals surface area (Å²) in [5, 5.41) is 14.9. The Bertz CT molecular complexity index is 640. The smallest absolute Gasteiger partial charge is 0.356 e. The van der Waals surface area contributed by atoms with Gasteiger partial charge in [-0.25, -0.2) is 0 Å². The second-order valence-corrected chi connectivity index (χ2v) is 7.57. The van der Waals surface area contributed by atoms with E-state index in [1.165, 1.54) is 6.42 Å². The van der Waals surface area contributed by atoms with Crippen molar-refractivity contribution >= 4 is 5.96 Å². The van der Waals surface area contributed by atoms with Gasteiger partial charge in [-0.2, -0.15) is 13.2 Å². The van der Waals surface area contributed by atoms with Crippen LogP contribution in [0.2, 0.25) is 0 Å². The van der Waals surface area contributed by atoms with E-state index >= 15 is 0 Å². The Balaban J connectivity index is 1.48. The molecule has 0 aromatic carbocycles. The Morgan fingerprint density at radius 2 is 2.00 bits per heavy atom. The highest BCUT2D eigenvalue weighted by molar-refractivity contribution is 5.79. The number of fused-ring (bicyclic) bond motifs is 1. The van der Waals surface area contributed by atoms with Crippen LogP contribution in [0.15, 0.2) is 4.99 Å². The van der Waals surface area contributed by atoms with E-state index < -0.39 is 12.1 Å². The number of nitrogens with one attached hydrogen (secondary N) is 2. The number of aromatic nitrogens is 3. The lowest BCUT2D eigenvalue weighted by atomic mass is 9.81. The molecule has 3 rings (SSSR count). The van der Waals surface area contributed by atoms with Crippen molar-refractivity contribution in [1.29, 1.82) is 0 Å². The monoisotopic (exact) mass is 386 g/mol. The Labute approximate surface area is 158 Å². The highest BCUT2D eigenvalue weighted by atomic mass is 19.4. The number of rotatable bonds is 4. The largest absolute Gasteiger partial charge is 0.391 e. The molecule has 0 amide bonds. The van der Waals surface area contributed by atoms with Crippen molar-refractivity contribution in [2.24, 2.45) is 16.8 Å². The van der Waals surface area contributed by atoms with Crippen LogP contribution in [-0.4, -0.2) is 40.5 Å². The van der Waals surface area contributed by atoms with Gasteiger partial charge in [0, 0.05) is 26.6 Å². The van der Waals surface area contributed by atoms with Gasteiger partial charge < -0.3 is 15.2 Å². The number of halogens is 3. The molecule has 2 aliphatic rings. The number of nitrogens with zero attached hydrogens (tertiary/aromatic N) is 4. The second-order valence-electron chi connectivity index (χ2n) is 7.57. The molecule has 1 aliphatic heterocycles. The lowest BCUT2D eigenvalue weighted by molar-refractivity contribution is -0.185. The molecule has 1 aromatic heterocycles. The molecule has 1 fully saturated rings. The summed E-state index contributed by atoms with van der Waals surface area (Å²) in [6.07, 6.45) is 2.28. The van der Waals surface area contributed by atoms with Crippen LogP contribution in [0.3, 0.4) is 0 Å². The van der Waals surface area contributed by atoms with Crippen LogP contribution in [0.5, 0.6) is 0 Å². The standard InChI is InChI=1S/C18H29F3N6/c1-22-17(23-11-13-6-5-7-14(10-13)18(19,20)21)24-12-16-26-25-15-8-3-2-4-9-27(15)16/h13-14H,2-12H2,1H3,(H2,22,23,24). The summed E-state index contributed by atoms with van der Waals surface area (Å²) in [6, 6.07) is 0. The summed E-state index contributed by atoms with van der Waals surface area (Å²) in [7, 11) is 1.67. The molecule has 2 atom stereocenters. The maximum absolute atomic E-state index is 13.0. The first-order chi connectivity index (χ1) is 13.0. The minimum Gasteiger partial charge on any atom is -0.356 e. The highest BCUT2D eigenvalue weighted by Gasteiger charge is 2.42. The van der Waals surface area contributed by atoms with Gasteiger partial charge in [0.2, 0.25) is 0 Å². The lowest BCUT2D eigenvalue weighted by Gasteiger charge is -2.30. The third-order valence-electron chi connectivity index (χ3n) is 5.63. The zero-order valence-corrected chi connectivity index (χ0v) is 15.9. The Morgan fingerprint density at radius 1 is 1.15 bits per heavy atom. The van der Waals surface area contributed by atoms with E-state index in [2.05, 4.69) is 30.4 Å². The van der Waals surface area contributed by atoms with Crippen molar-refractivity contribution in [3.05, 3.63) is 11.6 Å². The van der Waals surface area contributed by atoms with E-state index in [0.717, 1.165) is 43.9 Å². The van der Waals surface area contributed by atoms with Crippen molar-refractivity contribution < 1.29 is 13.2 Å². The lowest BCUT2D eigenvalue weighted by Crippen LogP contribution is -2.41. The number of aliphatic imine (C=N–C) groups is 1. The van der Waals surface area contributed by atoms with E-state index in [9.17, 15) is 13.2 Å². The summed E-state index contributed by atoms with van der Waals surface area (Å²) in [6.45, 7) is 1.94. The molecule has 0 radical (unpaired) electrons. The third-order valence-corrected chi connectivity index (χ3v) is 5.63. The molecule has 2 heterocycles. The number of guanidine groups is 1. The van der Waals surface area contributed by atoms with E-state index in [4.69, 9.17) is 0 Å². The number of aryl methyl sites for hydroxylation is 1. The number of alkyl halides is 3. The summed E-state index contributed by atoms with van der Waals surface area (Å²) in [5.74, 6) is 1.36. The molecule has 2 unspecified atom stereocenters. The van der Waals surface area contributed by atoms with Crippen molar-refractivity contribution in [2.45, 2.75) is 70.6 Å². The van der Waals surface area contributed by atoms with Gasteiger partial charge in [0.1, 0.15) is 5.82 Å². The first kappa shape index (κ1) is 19.9. The van der Waals surface area contributed by atoms with E-state index in [0.29, 0.717) is 25.5 Å². The van der Waals surface area contributed by atoms with Crippen LogP contribution in [0, 0.1) is 11.8 Å². The van der Waals surface area contributed by atoms with Gasteiger partial charge in [-0.15, -0.1) is 10.2 Å². The number of hydrogen-bond donors (Lipinski definition) is 2. The molecule has 0 saturated heterocycles. The summed E-state index contributed by atoms with van der Waals surface area (Å²) >= 11 is 0. The van der Waals surface area contributed by atoms with Gasteiger partial charge in [-0.05, 0) is 38.0 Å². The molecular weight excluding hydrogens is 357 g/mol. The van der Waals surface area contributed by atoms with E-state index in [1.54, 1.807) is 7.05 Å². The van der Waals surface area contributed by atoms with Crippen LogP contribution in [0.4, 0.5) is 13.2 Å². The predicted octanol–water partition coefficient (Wildman–Crippen LogP) is 3.04. The topological polar surface area (TPSA) is 67.1 Å². The van der Waals surface area contributed by atoms with Gasteiger partial charge in [0.15, 0.2) is 11.8 Å². The zero-order chi connectivity index (χ0) is 19.3. The number of hydrogen-bond acceptors (Lipinski definition) is 3. The van der Waals surface area contributed by atoms with Gasteiger partial charge in [0.05, 0.1) is 12.5 Å². The van der Waals surface area contributed by atoms with Gasteiger partial charge in [-0.1, -0.05) is 12.8 Å². The summed E-state index contributed by atoms with van der Waals surface area (Å²) < 4.78 is 41.0. The van der Waals surface area contributed by atoms with Crippen LogP contribution in [-0.2, 0) is 19.5 Å². The van der Waals surface area contributed by atoms with Crippen LogP contribution in [0.25, 0.3) is 0 Å². The van der Waals surface area contributed by atoms with Crippen molar-refractivity contribution in [3.63, 3.8) is 0 Å². The van der Waals surface area contributed by atoms with Gasteiger partial charge in [-0.3, -0.25) is 4.99 Å². The summed E-state index contributed by atoms with van der Waals surface area (Å²) in [4.78, 5) is 4.19. The maximum atomic E-state index is 13.0. The fourth-order valence-electron chi connectivity index (χ4n) is 4.07. The normalized spacial score (nSPS) is 24.2. The highest BCUT2D eigenvalue weighted by Crippen LogP contribution is 2.39.